The van der Waals surface area contributed by atoms with Crippen LogP contribution in [0.25, 0.3) is 0 Å². The van der Waals surface area contributed by atoms with Gasteiger partial charge < -0.3 is 4.74 Å². The first-order chi connectivity index (χ1) is 6.04. The van der Waals surface area contributed by atoms with Gasteiger partial charge in [-0.25, -0.2) is 0 Å². The quantitative estimate of drug-likeness (QED) is 0.480. The molecule has 0 rings (SSSR count). The summed E-state index contributed by atoms with van der Waals surface area (Å²) >= 11 is 0. The summed E-state index contributed by atoms with van der Waals surface area (Å²) in [7, 11) is 0. The molecule has 0 spiro atoms. The third-order valence-electron chi connectivity index (χ3n) is 1.50. The maximum Gasteiger partial charge on any atom is 0.331 e. The Morgan fingerprint density at radius 1 is 1.46 bits per heavy atom. The van der Waals surface area contributed by atoms with Gasteiger partial charge >= 0.3 is 5.97 Å². The maximum absolute atomic E-state index is 11.3. The fourth-order valence-electron chi connectivity index (χ4n) is 0.791. The van der Waals surface area contributed by atoms with Crippen molar-refractivity contribution in [3.8, 4) is 6.07 Å². The molecule has 0 amide bonds. The van der Waals surface area contributed by atoms with Crippen molar-refractivity contribution >= 4 is 11.8 Å². The lowest BCUT2D eigenvalue weighted by Gasteiger charge is -2.08. The molecular weight excluding hydrogens is 170 g/mol. The van der Waals surface area contributed by atoms with Crippen LogP contribution in [0.5, 0.6) is 0 Å². The molecule has 72 valence electrons. The van der Waals surface area contributed by atoms with E-state index >= 15 is 0 Å². The molecule has 0 radical (unpaired) electrons. The number of ether oxygens (including phenoxy) is 1. The van der Waals surface area contributed by atoms with Gasteiger partial charge in [-0.1, -0.05) is 13.8 Å². The largest absolute Gasteiger partial charge is 0.465 e. The highest BCUT2D eigenvalue weighted by atomic mass is 16.5. The van der Waals surface area contributed by atoms with Crippen LogP contribution in [-0.4, -0.2) is 18.4 Å². The van der Waals surface area contributed by atoms with Crippen LogP contribution in [-0.2, 0) is 14.3 Å². The average Bonchev–Trinajstić information content (AvgIpc) is 2.05. The second kappa shape index (κ2) is 5.31. The molecule has 4 heteroatoms. The Labute approximate surface area is 77.5 Å². The molecular formula is C9H13NO3. The normalized spacial score (nSPS) is 11.9. The lowest BCUT2D eigenvalue weighted by molar-refractivity contribution is -0.149. The Morgan fingerprint density at radius 2 is 2.00 bits per heavy atom. The van der Waals surface area contributed by atoms with Crippen molar-refractivity contribution in [1.29, 1.82) is 5.26 Å². The topological polar surface area (TPSA) is 67.2 Å². The van der Waals surface area contributed by atoms with E-state index in [-0.39, 0.29) is 18.3 Å². The third-order valence-corrected chi connectivity index (χ3v) is 1.50. The maximum atomic E-state index is 11.3. The molecule has 0 N–H and O–H groups in total. The molecule has 0 bridgehead atoms. The number of carbonyl (C=O) groups excluding carboxylic acids is 2. The summed E-state index contributed by atoms with van der Waals surface area (Å²) in [5, 5.41) is 8.57. The van der Waals surface area contributed by atoms with E-state index in [1.165, 1.54) is 0 Å². The Hall–Kier alpha value is -1.37. The summed E-state index contributed by atoms with van der Waals surface area (Å²) in [5.74, 6) is -2.72. The smallest absolute Gasteiger partial charge is 0.331 e. The third kappa shape index (κ3) is 3.24. The fraction of sp³-hybridized carbons (Fsp3) is 0.667. The van der Waals surface area contributed by atoms with Crippen molar-refractivity contribution in [1.82, 2.24) is 0 Å². The molecule has 1 atom stereocenters. The molecule has 0 aliphatic heterocycles. The van der Waals surface area contributed by atoms with Gasteiger partial charge in [-0.3, -0.25) is 9.59 Å². The van der Waals surface area contributed by atoms with Gasteiger partial charge in [-0.05, 0) is 6.92 Å². The van der Waals surface area contributed by atoms with Gasteiger partial charge in [0.05, 0.1) is 12.7 Å². The minimum absolute atomic E-state index is 0.183. The highest BCUT2D eigenvalue weighted by Crippen LogP contribution is 2.08. The summed E-state index contributed by atoms with van der Waals surface area (Å²) in [6, 6.07) is 1.64. The Balaban J connectivity index is 4.44. The molecule has 0 aromatic carbocycles. The van der Waals surface area contributed by atoms with Crippen LogP contribution in [0.1, 0.15) is 20.8 Å². The number of esters is 1. The lowest BCUT2D eigenvalue weighted by Crippen LogP contribution is -2.28. The monoisotopic (exact) mass is 183 g/mol. The molecule has 0 aliphatic rings. The van der Waals surface area contributed by atoms with Crippen molar-refractivity contribution < 1.29 is 14.3 Å². The highest BCUT2D eigenvalue weighted by molar-refractivity contribution is 6.02. The van der Waals surface area contributed by atoms with Crippen LogP contribution in [0.15, 0.2) is 0 Å². The van der Waals surface area contributed by atoms with Crippen molar-refractivity contribution in [3.05, 3.63) is 0 Å². The van der Waals surface area contributed by atoms with E-state index in [0.29, 0.717) is 0 Å². The zero-order chi connectivity index (χ0) is 10.4. The average molecular weight is 183 g/mol. The van der Waals surface area contributed by atoms with Crippen LogP contribution in [0, 0.1) is 23.2 Å². The van der Waals surface area contributed by atoms with Gasteiger partial charge in [0.15, 0.2) is 5.78 Å². The molecule has 0 saturated heterocycles. The van der Waals surface area contributed by atoms with Crippen LogP contribution in [0.3, 0.4) is 0 Å². The SMILES string of the molecule is CCOC(=O)C(C#N)C(=O)C(C)C. The predicted molar refractivity (Wildman–Crippen MR) is 45.6 cm³/mol. The van der Waals surface area contributed by atoms with E-state index < -0.39 is 11.9 Å². The summed E-state index contributed by atoms with van der Waals surface area (Å²) in [4.78, 5) is 22.3. The first kappa shape index (κ1) is 11.6. The van der Waals surface area contributed by atoms with Crippen molar-refractivity contribution in [3.63, 3.8) is 0 Å². The number of Topliss-reactive ketones (excluding diaryl/α,β-unsaturated/α-hetero) is 1. The molecule has 0 fully saturated rings. The minimum atomic E-state index is -1.26. The number of hydrogen-bond acceptors (Lipinski definition) is 4. The zero-order valence-corrected chi connectivity index (χ0v) is 8.03. The van der Waals surface area contributed by atoms with Crippen molar-refractivity contribution in [2.24, 2.45) is 11.8 Å². The van der Waals surface area contributed by atoms with Crippen LogP contribution < -0.4 is 0 Å². The molecule has 0 aliphatic carbocycles. The predicted octanol–water partition coefficient (Wildman–Crippen LogP) is 0.914. The van der Waals surface area contributed by atoms with E-state index in [1.54, 1.807) is 26.8 Å². The molecule has 0 heterocycles. The Bertz CT molecular complexity index is 240. The van der Waals surface area contributed by atoms with Gasteiger partial charge in [0.2, 0.25) is 5.92 Å². The standard InChI is InChI=1S/C9H13NO3/c1-4-13-9(12)7(5-10)8(11)6(2)3/h6-7H,4H2,1-3H3. The summed E-state index contributed by atoms with van der Waals surface area (Å²) in [6.45, 7) is 5.10. The molecule has 4 nitrogen and oxygen atoms in total. The summed E-state index contributed by atoms with van der Waals surface area (Å²) in [5.41, 5.74) is 0. The second-order valence-electron chi connectivity index (χ2n) is 2.87. The highest BCUT2D eigenvalue weighted by Gasteiger charge is 2.29. The van der Waals surface area contributed by atoms with Gasteiger partial charge in [-0.15, -0.1) is 0 Å². The minimum Gasteiger partial charge on any atom is -0.465 e. The Kier molecular flexibility index (Phi) is 4.75. The van der Waals surface area contributed by atoms with Crippen LogP contribution >= 0.6 is 0 Å². The molecule has 13 heavy (non-hydrogen) atoms. The van der Waals surface area contributed by atoms with E-state index in [0.717, 1.165) is 0 Å². The molecule has 0 aromatic rings. The van der Waals surface area contributed by atoms with Gasteiger partial charge in [-0.2, -0.15) is 5.26 Å². The zero-order valence-electron chi connectivity index (χ0n) is 8.03. The van der Waals surface area contributed by atoms with E-state index in [4.69, 9.17) is 5.26 Å². The molecule has 0 saturated carbocycles. The lowest BCUT2D eigenvalue weighted by atomic mass is 9.97. The molecule has 0 aromatic heterocycles. The second-order valence-corrected chi connectivity index (χ2v) is 2.87. The van der Waals surface area contributed by atoms with Gasteiger partial charge in [0, 0.05) is 5.92 Å². The number of rotatable bonds is 4. The number of nitriles is 1. The summed E-state index contributed by atoms with van der Waals surface area (Å²) in [6.07, 6.45) is 0. The first-order valence-corrected chi connectivity index (χ1v) is 4.14. The first-order valence-electron chi connectivity index (χ1n) is 4.14. The van der Waals surface area contributed by atoms with Crippen molar-refractivity contribution in [2.75, 3.05) is 6.61 Å². The number of carbonyl (C=O) groups is 2. The van der Waals surface area contributed by atoms with Crippen LogP contribution in [0.4, 0.5) is 0 Å². The van der Waals surface area contributed by atoms with Crippen LogP contribution in [0.2, 0.25) is 0 Å². The summed E-state index contributed by atoms with van der Waals surface area (Å²) < 4.78 is 4.58. The van der Waals surface area contributed by atoms with E-state index in [1.807, 2.05) is 0 Å². The van der Waals surface area contributed by atoms with Gasteiger partial charge in [0.25, 0.3) is 0 Å². The number of hydrogen-bond donors (Lipinski definition) is 0. The van der Waals surface area contributed by atoms with Crippen molar-refractivity contribution in [2.45, 2.75) is 20.8 Å². The van der Waals surface area contributed by atoms with E-state index in [2.05, 4.69) is 4.74 Å². The van der Waals surface area contributed by atoms with Gasteiger partial charge in [0.1, 0.15) is 0 Å². The molecule has 1 unspecified atom stereocenters. The fourth-order valence-corrected chi connectivity index (χ4v) is 0.791. The number of ketones is 1. The van der Waals surface area contributed by atoms with E-state index in [9.17, 15) is 9.59 Å². The Morgan fingerprint density at radius 3 is 2.31 bits per heavy atom. The number of nitrogens with zero attached hydrogens (tertiary/aromatic N) is 1.